The van der Waals surface area contributed by atoms with E-state index < -0.39 is 5.41 Å². The Hall–Kier alpha value is -2.50. The molecule has 2 heterocycles. The highest BCUT2D eigenvalue weighted by atomic mass is 16.1. The maximum atomic E-state index is 11.9. The Kier molecular flexibility index (Phi) is 3.63. The van der Waals surface area contributed by atoms with Crippen molar-refractivity contribution in [2.24, 2.45) is 0 Å². The number of nitrogen functional groups attached to an aromatic ring is 1. The van der Waals surface area contributed by atoms with Crippen molar-refractivity contribution in [1.29, 1.82) is 0 Å². The van der Waals surface area contributed by atoms with Crippen molar-refractivity contribution < 1.29 is 4.79 Å². The Morgan fingerprint density at radius 3 is 2.57 bits per heavy atom. The summed E-state index contributed by atoms with van der Waals surface area (Å²) in [5, 5.41) is 4.49. The number of carbonyl (C=O) groups excluding carboxylic acids is 1. The topological polar surface area (TPSA) is 86.7 Å². The minimum absolute atomic E-state index is 0.0607. The summed E-state index contributed by atoms with van der Waals surface area (Å²) >= 11 is 0. The van der Waals surface area contributed by atoms with Gasteiger partial charge in [-0.05, 0) is 19.9 Å². The number of rotatable bonds is 4. The van der Waals surface area contributed by atoms with Crippen LogP contribution in [0.25, 0.3) is 5.95 Å². The van der Waals surface area contributed by atoms with Crippen LogP contribution in [0.15, 0.2) is 30.6 Å². The van der Waals surface area contributed by atoms with Gasteiger partial charge >= 0.3 is 0 Å². The second kappa shape index (κ2) is 5.12. The van der Waals surface area contributed by atoms with Crippen molar-refractivity contribution in [2.45, 2.75) is 33.1 Å². The largest absolute Gasteiger partial charge is 0.384 e. The first kappa shape index (κ1) is 14.9. The van der Waals surface area contributed by atoms with Gasteiger partial charge in [0, 0.05) is 17.8 Å². The molecule has 110 valence electrons. The first-order chi connectivity index (χ1) is 9.73. The zero-order chi connectivity index (χ0) is 15.8. The molecule has 0 spiro atoms. The molecule has 2 aromatic rings. The third-order valence-electron chi connectivity index (χ3n) is 3.62. The molecule has 0 aromatic carbocycles. The standard InChI is InChI=1S/C15H19N5O/c1-9(2)15(4,5)13-11(10(3)21)8-20(19-13)14-17-7-6-12(16)18-14/h6-8H,1H2,2-5H3,(H2,16,17,18). The van der Waals surface area contributed by atoms with E-state index >= 15 is 0 Å². The van der Waals surface area contributed by atoms with Gasteiger partial charge in [-0.15, -0.1) is 0 Å². The van der Waals surface area contributed by atoms with E-state index in [0.717, 1.165) is 5.57 Å². The molecule has 0 unspecified atom stereocenters. The maximum Gasteiger partial charge on any atom is 0.252 e. The van der Waals surface area contributed by atoms with Crippen molar-refractivity contribution in [3.8, 4) is 5.95 Å². The zero-order valence-electron chi connectivity index (χ0n) is 12.7. The molecule has 0 aliphatic rings. The van der Waals surface area contributed by atoms with Crippen LogP contribution in [0.1, 0.15) is 43.7 Å². The van der Waals surface area contributed by atoms with Crippen LogP contribution in [0.5, 0.6) is 0 Å². The fourth-order valence-electron chi connectivity index (χ4n) is 1.87. The van der Waals surface area contributed by atoms with Crippen LogP contribution in [0.4, 0.5) is 5.82 Å². The quantitative estimate of drug-likeness (QED) is 0.688. The normalized spacial score (nSPS) is 11.4. The summed E-state index contributed by atoms with van der Waals surface area (Å²) in [7, 11) is 0. The van der Waals surface area contributed by atoms with Gasteiger partial charge in [-0.25, -0.2) is 9.67 Å². The molecule has 0 saturated heterocycles. The van der Waals surface area contributed by atoms with Crippen LogP contribution in [0.3, 0.4) is 0 Å². The number of aromatic nitrogens is 4. The molecular formula is C15H19N5O. The average Bonchev–Trinajstić information content (AvgIpc) is 2.84. The number of allylic oxidation sites excluding steroid dienone is 1. The molecule has 0 fully saturated rings. The number of carbonyl (C=O) groups is 1. The monoisotopic (exact) mass is 285 g/mol. The highest BCUT2D eigenvalue weighted by molar-refractivity contribution is 5.95. The van der Waals surface area contributed by atoms with Crippen molar-refractivity contribution >= 4 is 11.6 Å². The molecule has 2 N–H and O–H groups in total. The lowest BCUT2D eigenvalue weighted by Crippen LogP contribution is -2.22. The minimum atomic E-state index is -0.424. The third kappa shape index (κ3) is 2.69. The summed E-state index contributed by atoms with van der Waals surface area (Å²) in [6, 6.07) is 1.59. The van der Waals surface area contributed by atoms with E-state index in [1.54, 1.807) is 18.5 Å². The van der Waals surface area contributed by atoms with Crippen LogP contribution in [-0.2, 0) is 5.41 Å². The summed E-state index contributed by atoms with van der Waals surface area (Å²) in [5.41, 5.74) is 7.35. The van der Waals surface area contributed by atoms with Gasteiger partial charge in [0.25, 0.3) is 5.95 Å². The van der Waals surface area contributed by atoms with Gasteiger partial charge in [-0.2, -0.15) is 10.1 Å². The molecule has 0 radical (unpaired) electrons. The Bertz CT molecular complexity index is 715. The SMILES string of the molecule is C=C(C)C(C)(C)c1nn(-c2nccc(N)n2)cc1C(C)=O. The fraction of sp³-hybridized carbons (Fsp3) is 0.333. The van der Waals surface area contributed by atoms with E-state index in [0.29, 0.717) is 23.0 Å². The number of Topliss-reactive ketones (excluding diaryl/α,β-unsaturated/α-hetero) is 1. The van der Waals surface area contributed by atoms with Crippen LogP contribution >= 0.6 is 0 Å². The molecule has 6 heteroatoms. The molecule has 0 aliphatic carbocycles. The third-order valence-corrected chi connectivity index (χ3v) is 3.62. The van der Waals surface area contributed by atoms with Crippen molar-refractivity contribution in [3.63, 3.8) is 0 Å². The summed E-state index contributed by atoms with van der Waals surface area (Å²) in [6.45, 7) is 11.4. The molecule has 0 atom stereocenters. The van der Waals surface area contributed by atoms with Gasteiger partial charge in [0.2, 0.25) is 0 Å². The summed E-state index contributed by atoms with van der Waals surface area (Å²) < 4.78 is 1.48. The number of nitrogens with zero attached hydrogens (tertiary/aromatic N) is 4. The number of hydrogen-bond donors (Lipinski definition) is 1. The van der Waals surface area contributed by atoms with E-state index in [-0.39, 0.29) is 5.78 Å². The molecule has 2 aromatic heterocycles. The van der Waals surface area contributed by atoms with Gasteiger partial charge in [-0.1, -0.05) is 26.0 Å². The van der Waals surface area contributed by atoms with Gasteiger partial charge in [0.05, 0.1) is 11.3 Å². The van der Waals surface area contributed by atoms with E-state index in [2.05, 4.69) is 21.6 Å². The van der Waals surface area contributed by atoms with Crippen molar-refractivity contribution in [2.75, 3.05) is 5.73 Å². The van der Waals surface area contributed by atoms with Crippen LogP contribution < -0.4 is 5.73 Å². The molecule has 0 amide bonds. The van der Waals surface area contributed by atoms with Crippen molar-refractivity contribution in [3.05, 3.63) is 41.9 Å². The molecule has 6 nitrogen and oxygen atoms in total. The maximum absolute atomic E-state index is 11.9. The van der Waals surface area contributed by atoms with E-state index in [1.807, 2.05) is 20.8 Å². The molecule has 21 heavy (non-hydrogen) atoms. The van der Waals surface area contributed by atoms with E-state index in [1.165, 1.54) is 11.6 Å². The Morgan fingerprint density at radius 1 is 1.38 bits per heavy atom. The Morgan fingerprint density at radius 2 is 2.05 bits per heavy atom. The van der Waals surface area contributed by atoms with E-state index in [4.69, 9.17) is 5.73 Å². The second-order valence-corrected chi connectivity index (χ2v) is 5.58. The van der Waals surface area contributed by atoms with Gasteiger partial charge in [0.1, 0.15) is 5.82 Å². The van der Waals surface area contributed by atoms with Crippen LogP contribution in [0, 0.1) is 0 Å². The predicted molar refractivity (Wildman–Crippen MR) is 81.4 cm³/mol. The van der Waals surface area contributed by atoms with Gasteiger partial charge in [-0.3, -0.25) is 4.79 Å². The fourth-order valence-corrected chi connectivity index (χ4v) is 1.87. The summed E-state index contributed by atoms with van der Waals surface area (Å²) in [5.74, 6) is 0.622. The zero-order valence-corrected chi connectivity index (χ0v) is 12.7. The summed E-state index contributed by atoms with van der Waals surface area (Å²) in [6.07, 6.45) is 3.19. The lowest BCUT2D eigenvalue weighted by Gasteiger charge is -2.23. The number of ketones is 1. The smallest absolute Gasteiger partial charge is 0.252 e. The Labute approximate surface area is 123 Å². The van der Waals surface area contributed by atoms with Crippen molar-refractivity contribution in [1.82, 2.24) is 19.7 Å². The molecule has 0 saturated carbocycles. The lowest BCUT2D eigenvalue weighted by molar-refractivity contribution is 0.101. The highest BCUT2D eigenvalue weighted by Gasteiger charge is 2.30. The van der Waals surface area contributed by atoms with Gasteiger partial charge in [0.15, 0.2) is 5.78 Å². The molecule has 0 aliphatic heterocycles. The number of nitrogens with two attached hydrogens (primary N) is 1. The average molecular weight is 285 g/mol. The number of hydrogen-bond acceptors (Lipinski definition) is 5. The second-order valence-electron chi connectivity index (χ2n) is 5.58. The van der Waals surface area contributed by atoms with Gasteiger partial charge < -0.3 is 5.73 Å². The first-order valence-electron chi connectivity index (χ1n) is 6.59. The minimum Gasteiger partial charge on any atom is -0.384 e. The lowest BCUT2D eigenvalue weighted by atomic mass is 9.80. The first-order valence-corrected chi connectivity index (χ1v) is 6.59. The van der Waals surface area contributed by atoms with Crippen LogP contribution in [0.2, 0.25) is 0 Å². The van der Waals surface area contributed by atoms with Crippen LogP contribution in [-0.4, -0.2) is 25.5 Å². The predicted octanol–water partition coefficient (Wildman–Crippen LogP) is 2.30. The summed E-state index contributed by atoms with van der Waals surface area (Å²) in [4.78, 5) is 20.1. The Balaban J connectivity index is 2.63. The molecule has 0 bridgehead atoms. The van der Waals surface area contributed by atoms with E-state index in [9.17, 15) is 4.79 Å². The molecular weight excluding hydrogens is 266 g/mol. The molecule has 2 rings (SSSR count). The highest BCUT2D eigenvalue weighted by Crippen LogP contribution is 2.32. The number of anilines is 1.